The van der Waals surface area contributed by atoms with E-state index >= 15 is 0 Å². The lowest BCUT2D eigenvalue weighted by molar-refractivity contribution is -0.143. The summed E-state index contributed by atoms with van der Waals surface area (Å²) in [5.74, 6) is -2.39. The molecular formula is C22H23N5O6S2. The number of benzene rings is 1. The SMILES string of the molecule is CCOC(=O)CNC(=O)[C@@H](c1cccs1)N(C(=O)c1snc(C(N)=O)c1N)c1cccc(OC)c1. The first kappa shape index (κ1) is 25.6. The summed E-state index contributed by atoms with van der Waals surface area (Å²) in [7, 11) is 1.47. The summed E-state index contributed by atoms with van der Waals surface area (Å²) in [5.41, 5.74) is 11.2. The van der Waals surface area contributed by atoms with E-state index in [2.05, 4.69) is 9.69 Å². The van der Waals surface area contributed by atoms with Crippen LogP contribution in [-0.2, 0) is 14.3 Å². The number of amides is 3. The average Bonchev–Trinajstić information content (AvgIpc) is 3.50. The van der Waals surface area contributed by atoms with Crippen LogP contribution in [0.4, 0.5) is 11.4 Å². The monoisotopic (exact) mass is 517 g/mol. The molecule has 3 amide bonds. The van der Waals surface area contributed by atoms with Gasteiger partial charge in [-0.2, -0.15) is 4.37 Å². The fraction of sp³-hybridized carbons (Fsp3) is 0.227. The number of nitrogens with one attached hydrogen (secondary N) is 1. The Balaban J connectivity index is 2.12. The van der Waals surface area contributed by atoms with Crippen LogP contribution >= 0.6 is 22.9 Å². The Bertz CT molecular complexity index is 1230. The molecule has 13 heteroatoms. The van der Waals surface area contributed by atoms with Gasteiger partial charge in [0.25, 0.3) is 11.8 Å². The molecule has 5 N–H and O–H groups in total. The van der Waals surface area contributed by atoms with Gasteiger partial charge >= 0.3 is 5.97 Å². The van der Waals surface area contributed by atoms with Crippen LogP contribution in [0.1, 0.15) is 38.0 Å². The topological polar surface area (TPSA) is 167 Å². The molecule has 184 valence electrons. The lowest BCUT2D eigenvalue weighted by Gasteiger charge is -2.30. The van der Waals surface area contributed by atoms with Crippen molar-refractivity contribution in [3.63, 3.8) is 0 Å². The number of nitrogens with two attached hydrogens (primary N) is 2. The highest BCUT2D eigenvalue weighted by Crippen LogP contribution is 2.35. The smallest absolute Gasteiger partial charge is 0.325 e. The number of nitrogens with zero attached hydrogens (tertiary/aromatic N) is 2. The van der Waals surface area contributed by atoms with Gasteiger partial charge < -0.3 is 26.3 Å². The van der Waals surface area contributed by atoms with E-state index < -0.39 is 29.7 Å². The summed E-state index contributed by atoms with van der Waals surface area (Å²) in [6, 6.07) is 8.75. The summed E-state index contributed by atoms with van der Waals surface area (Å²) in [5, 5.41) is 4.28. The maximum atomic E-state index is 13.8. The quantitative estimate of drug-likeness (QED) is 0.343. The van der Waals surface area contributed by atoms with E-state index in [9.17, 15) is 19.2 Å². The number of methoxy groups -OCH3 is 1. The largest absolute Gasteiger partial charge is 0.497 e. The van der Waals surface area contributed by atoms with Crippen molar-refractivity contribution in [1.29, 1.82) is 0 Å². The molecule has 1 atom stereocenters. The van der Waals surface area contributed by atoms with Crippen molar-refractivity contribution >= 4 is 57.9 Å². The zero-order valence-electron chi connectivity index (χ0n) is 18.8. The number of hydrogen-bond acceptors (Lipinski definition) is 10. The van der Waals surface area contributed by atoms with E-state index in [1.54, 1.807) is 48.7 Å². The Hall–Kier alpha value is -3.97. The molecule has 0 aliphatic heterocycles. The van der Waals surface area contributed by atoms with Gasteiger partial charge in [-0.15, -0.1) is 11.3 Å². The first-order valence-corrected chi connectivity index (χ1v) is 11.9. The van der Waals surface area contributed by atoms with Crippen molar-refractivity contribution < 1.29 is 28.7 Å². The number of carbonyl (C=O) groups excluding carboxylic acids is 4. The number of anilines is 2. The molecule has 0 aliphatic rings. The molecule has 3 rings (SSSR count). The highest BCUT2D eigenvalue weighted by atomic mass is 32.1. The second-order valence-electron chi connectivity index (χ2n) is 6.96. The van der Waals surface area contributed by atoms with Crippen LogP contribution < -0.4 is 26.4 Å². The Kier molecular flexibility index (Phi) is 8.39. The first-order chi connectivity index (χ1) is 16.8. The lowest BCUT2D eigenvalue weighted by atomic mass is 10.1. The molecule has 2 heterocycles. The highest BCUT2D eigenvalue weighted by Gasteiger charge is 2.37. The number of esters is 1. The summed E-state index contributed by atoms with van der Waals surface area (Å²) >= 11 is 1.94. The number of ether oxygens (including phenoxy) is 2. The average molecular weight is 518 g/mol. The molecule has 0 fully saturated rings. The standard InChI is InChI=1S/C22H23N5O6S2/c1-3-33-15(28)11-25-21(30)18(14-8-5-9-34-14)27(12-6-4-7-13(10-12)32-2)22(31)19-16(23)17(20(24)29)26-35-19/h4-10,18H,3,11,23H2,1-2H3,(H2,24,29)(H,25,30)/t18-/m1/s1. The highest BCUT2D eigenvalue weighted by molar-refractivity contribution is 7.10. The van der Waals surface area contributed by atoms with Gasteiger partial charge in [-0.25, -0.2) is 0 Å². The van der Waals surface area contributed by atoms with Crippen LogP contribution in [0.2, 0.25) is 0 Å². The fourth-order valence-electron chi connectivity index (χ4n) is 3.17. The van der Waals surface area contributed by atoms with Crippen LogP contribution in [0.25, 0.3) is 0 Å². The normalized spacial score (nSPS) is 11.4. The van der Waals surface area contributed by atoms with Crippen LogP contribution in [0.3, 0.4) is 0 Å². The van der Waals surface area contributed by atoms with Gasteiger partial charge in [0.2, 0.25) is 5.91 Å². The molecule has 0 unspecified atom stereocenters. The van der Waals surface area contributed by atoms with E-state index in [0.717, 1.165) is 0 Å². The summed E-state index contributed by atoms with van der Waals surface area (Å²) in [6.07, 6.45) is 0. The maximum Gasteiger partial charge on any atom is 0.325 e. The van der Waals surface area contributed by atoms with E-state index in [4.69, 9.17) is 20.9 Å². The van der Waals surface area contributed by atoms with E-state index in [1.165, 1.54) is 23.3 Å². The molecule has 11 nitrogen and oxygen atoms in total. The predicted octanol–water partition coefficient (Wildman–Crippen LogP) is 1.96. The van der Waals surface area contributed by atoms with Gasteiger partial charge in [-0.3, -0.25) is 24.1 Å². The Labute approximate surface area is 208 Å². The number of hydrogen-bond donors (Lipinski definition) is 3. The van der Waals surface area contributed by atoms with Crippen LogP contribution in [-0.4, -0.2) is 48.3 Å². The van der Waals surface area contributed by atoms with Crippen LogP contribution in [0.15, 0.2) is 41.8 Å². The van der Waals surface area contributed by atoms with Crippen LogP contribution in [0.5, 0.6) is 5.75 Å². The van der Waals surface area contributed by atoms with Crippen molar-refractivity contribution in [1.82, 2.24) is 9.69 Å². The van der Waals surface area contributed by atoms with E-state index in [-0.39, 0.29) is 29.4 Å². The molecule has 0 spiro atoms. The molecule has 35 heavy (non-hydrogen) atoms. The van der Waals surface area contributed by atoms with Crippen molar-refractivity contribution in [2.24, 2.45) is 5.73 Å². The third-order valence-electron chi connectivity index (χ3n) is 4.74. The third kappa shape index (κ3) is 5.75. The molecule has 1 aromatic carbocycles. The number of primary amides is 1. The van der Waals surface area contributed by atoms with Crippen LogP contribution in [0, 0.1) is 0 Å². The molecule has 2 aromatic heterocycles. The summed E-state index contributed by atoms with van der Waals surface area (Å²) in [4.78, 5) is 52.4. The molecule has 0 saturated heterocycles. The Morgan fingerprint density at radius 2 is 1.97 bits per heavy atom. The fourth-order valence-corrected chi connectivity index (χ4v) is 4.73. The van der Waals surface area contributed by atoms with E-state index in [1.807, 2.05) is 0 Å². The van der Waals surface area contributed by atoms with Gasteiger partial charge in [0.15, 0.2) is 11.7 Å². The number of aromatic nitrogens is 1. The van der Waals surface area contributed by atoms with Gasteiger partial charge in [0, 0.05) is 16.6 Å². The van der Waals surface area contributed by atoms with Crippen molar-refractivity contribution in [2.45, 2.75) is 13.0 Å². The van der Waals surface area contributed by atoms with E-state index in [0.29, 0.717) is 27.8 Å². The minimum absolute atomic E-state index is 0.0682. The first-order valence-electron chi connectivity index (χ1n) is 10.3. The molecule has 0 bridgehead atoms. The zero-order chi connectivity index (χ0) is 25.5. The summed E-state index contributed by atoms with van der Waals surface area (Å²) < 4.78 is 14.1. The number of nitrogen functional groups attached to an aromatic ring is 1. The summed E-state index contributed by atoms with van der Waals surface area (Å²) in [6.45, 7) is 1.42. The van der Waals surface area contributed by atoms with Gasteiger partial charge in [-0.05, 0) is 42.0 Å². The molecule has 0 radical (unpaired) electrons. The van der Waals surface area contributed by atoms with Crippen molar-refractivity contribution in [3.8, 4) is 5.75 Å². The maximum absolute atomic E-state index is 13.8. The van der Waals surface area contributed by atoms with Crippen molar-refractivity contribution in [3.05, 3.63) is 57.2 Å². The number of thiophene rings is 1. The Morgan fingerprint density at radius 3 is 2.57 bits per heavy atom. The minimum Gasteiger partial charge on any atom is -0.497 e. The van der Waals surface area contributed by atoms with Gasteiger partial charge in [0.05, 0.1) is 19.4 Å². The van der Waals surface area contributed by atoms with Crippen molar-refractivity contribution in [2.75, 3.05) is 30.9 Å². The molecule has 0 saturated carbocycles. The predicted molar refractivity (Wildman–Crippen MR) is 132 cm³/mol. The van der Waals surface area contributed by atoms with Gasteiger partial charge in [0.1, 0.15) is 17.2 Å². The zero-order valence-corrected chi connectivity index (χ0v) is 20.5. The van der Waals surface area contributed by atoms with Gasteiger partial charge in [-0.1, -0.05) is 12.1 Å². The molecule has 3 aromatic rings. The Morgan fingerprint density at radius 1 is 1.20 bits per heavy atom. The second-order valence-corrected chi connectivity index (χ2v) is 8.71. The number of carbonyl (C=O) groups is 4. The lowest BCUT2D eigenvalue weighted by Crippen LogP contribution is -2.45. The number of rotatable bonds is 10. The molecule has 0 aliphatic carbocycles. The third-order valence-corrected chi connectivity index (χ3v) is 6.51. The molecular weight excluding hydrogens is 494 g/mol. The minimum atomic E-state index is -1.19. The second kappa shape index (κ2) is 11.4.